The van der Waals surface area contributed by atoms with E-state index in [0.29, 0.717) is 4.83 Å². The number of nitrogens with zero attached hydrogens (tertiary/aromatic N) is 1. The van der Waals surface area contributed by atoms with E-state index in [-0.39, 0.29) is 0 Å². The summed E-state index contributed by atoms with van der Waals surface area (Å²) >= 11 is 3.75. The van der Waals surface area contributed by atoms with Gasteiger partial charge in [0.2, 0.25) is 0 Å². The minimum absolute atomic E-state index is 0.656. The van der Waals surface area contributed by atoms with Gasteiger partial charge in [-0.15, -0.1) is 0 Å². The van der Waals surface area contributed by atoms with E-state index < -0.39 is 0 Å². The Bertz CT molecular complexity index is 339. The molecule has 94 valence electrons. The zero-order valence-electron chi connectivity index (χ0n) is 10.4. The number of likely N-dealkylation sites (tertiary alicyclic amines) is 1. The second-order valence-electron chi connectivity index (χ2n) is 4.68. The van der Waals surface area contributed by atoms with Crippen molar-refractivity contribution < 1.29 is 4.74 Å². The van der Waals surface area contributed by atoms with Gasteiger partial charge >= 0.3 is 0 Å². The van der Waals surface area contributed by atoms with Crippen molar-refractivity contribution in [2.75, 3.05) is 20.2 Å². The molecule has 1 atom stereocenters. The summed E-state index contributed by atoms with van der Waals surface area (Å²) in [6.07, 6.45) is 3.96. The molecule has 3 heteroatoms. The first-order chi connectivity index (χ1) is 8.28. The maximum absolute atomic E-state index is 5.18. The molecule has 1 saturated heterocycles. The summed E-state index contributed by atoms with van der Waals surface area (Å²) in [5.74, 6) is 0.933. The quantitative estimate of drug-likeness (QED) is 0.793. The zero-order valence-corrected chi connectivity index (χ0v) is 11.9. The molecule has 0 saturated carbocycles. The van der Waals surface area contributed by atoms with Crippen LogP contribution in [-0.4, -0.2) is 29.9 Å². The third kappa shape index (κ3) is 4.00. The van der Waals surface area contributed by atoms with E-state index in [1.165, 1.54) is 31.4 Å². The molecular formula is C14H20BrNO. The predicted octanol–water partition coefficient (Wildman–Crippen LogP) is 3.44. The Hall–Kier alpha value is -0.540. The fourth-order valence-corrected chi connectivity index (χ4v) is 3.03. The van der Waals surface area contributed by atoms with Gasteiger partial charge in [0.05, 0.1) is 7.11 Å². The first kappa shape index (κ1) is 12.9. The van der Waals surface area contributed by atoms with Crippen molar-refractivity contribution in [1.29, 1.82) is 0 Å². The molecule has 1 heterocycles. The Morgan fingerprint density at radius 1 is 1.29 bits per heavy atom. The highest BCUT2D eigenvalue weighted by molar-refractivity contribution is 9.09. The number of halogens is 1. The van der Waals surface area contributed by atoms with Gasteiger partial charge in [-0.25, -0.2) is 0 Å². The lowest BCUT2D eigenvalue weighted by Crippen LogP contribution is -2.28. The first-order valence-corrected chi connectivity index (χ1v) is 7.19. The minimum atomic E-state index is 0.656. The Balaban J connectivity index is 1.94. The molecule has 0 N–H and O–H groups in total. The highest BCUT2D eigenvalue weighted by Gasteiger charge is 2.15. The lowest BCUT2D eigenvalue weighted by atomic mass is 10.2. The maximum atomic E-state index is 5.18. The number of methoxy groups -OCH3 is 1. The Morgan fingerprint density at radius 2 is 2.06 bits per heavy atom. The number of alkyl halides is 1. The number of rotatable bonds is 3. The third-order valence-corrected chi connectivity index (χ3v) is 4.01. The minimum Gasteiger partial charge on any atom is -0.497 e. The molecule has 0 bridgehead atoms. The molecule has 0 aromatic heterocycles. The largest absolute Gasteiger partial charge is 0.497 e. The van der Waals surface area contributed by atoms with E-state index >= 15 is 0 Å². The van der Waals surface area contributed by atoms with E-state index in [2.05, 4.69) is 33.0 Å². The smallest absolute Gasteiger partial charge is 0.118 e. The highest BCUT2D eigenvalue weighted by atomic mass is 79.9. The van der Waals surface area contributed by atoms with Gasteiger partial charge in [0, 0.05) is 17.9 Å². The fraction of sp³-hybridized carbons (Fsp3) is 0.571. The van der Waals surface area contributed by atoms with Crippen LogP contribution in [0.25, 0.3) is 0 Å². The SMILES string of the molecule is COc1ccc(CN2CCCCC(Br)C2)cc1. The van der Waals surface area contributed by atoms with Crippen LogP contribution in [0.3, 0.4) is 0 Å². The second-order valence-corrected chi connectivity index (χ2v) is 5.97. The summed E-state index contributed by atoms with van der Waals surface area (Å²) < 4.78 is 5.18. The van der Waals surface area contributed by atoms with Crippen molar-refractivity contribution >= 4 is 15.9 Å². The molecule has 1 fully saturated rings. The molecule has 1 aliphatic heterocycles. The van der Waals surface area contributed by atoms with Gasteiger partial charge in [-0.3, -0.25) is 4.90 Å². The van der Waals surface area contributed by atoms with Crippen LogP contribution in [0.2, 0.25) is 0 Å². The predicted molar refractivity (Wildman–Crippen MR) is 74.8 cm³/mol. The average Bonchev–Trinajstić information content (AvgIpc) is 2.55. The van der Waals surface area contributed by atoms with Crippen molar-refractivity contribution in [3.05, 3.63) is 29.8 Å². The molecule has 1 aromatic carbocycles. The Kier molecular flexibility index (Phi) is 4.86. The van der Waals surface area contributed by atoms with Crippen LogP contribution in [0, 0.1) is 0 Å². The van der Waals surface area contributed by atoms with Gasteiger partial charge in [-0.05, 0) is 37.1 Å². The van der Waals surface area contributed by atoms with E-state index in [1.807, 2.05) is 12.1 Å². The molecule has 17 heavy (non-hydrogen) atoms. The third-order valence-electron chi connectivity index (χ3n) is 3.26. The van der Waals surface area contributed by atoms with Gasteiger partial charge in [0.25, 0.3) is 0 Å². The Morgan fingerprint density at radius 3 is 2.76 bits per heavy atom. The molecule has 0 spiro atoms. The van der Waals surface area contributed by atoms with Crippen molar-refractivity contribution in [1.82, 2.24) is 4.90 Å². The number of benzene rings is 1. The Labute approximate surface area is 112 Å². The highest BCUT2D eigenvalue weighted by Crippen LogP contribution is 2.19. The normalized spacial score (nSPS) is 22.1. The van der Waals surface area contributed by atoms with Gasteiger partial charge in [0.1, 0.15) is 5.75 Å². The van der Waals surface area contributed by atoms with Gasteiger partial charge in [-0.1, -0.05) is 34.5 Å². The second kappa shape index (κ2) is 6.41. The van der Waals surface area contributed by atoms with E-state index in [4.69, 9.17) is 4.74 Å². The van der Waals surface area contributed by atoms with Crippen LogP contribution < -0.4 is 4.74 Å². The van der Waals surface area contributed by atoms with Crippen LogP contribution in [0.1, 0.15) is 24.8 Å². The molecule has 1 aromatic rings. The van der Waals surface area contributed by atoms with Crippen LogP contribution >= 0.6 is 15.9 Å². The van der Waals surface area contributed by atoms with Crippen LogP contribution in [0.15, 0.2) is 24.3 Å². The fourth-order valence-electron chi connectivity index (χ4n) is 2.30. The molecule has 1 aliphatic rings. The monoisotopic (exact) mass is 297 g/mol. The number of hydrogen-bond acceptors (Lipinski definition) is 2. The summed E-state index contributed by atoms with van der Waals surface area (Å²) in [4.78, 5) is 3.19. The zero-order chi connectivity index (χ0) is 12.1. The summed E-state index contributed by atoms with van der Waals surface area (Å²) in [5.41, 5.74) is 1.37. The van der Waals surface area contributed by atoms with Gasteiger partial charge < -0.3 is 4.74 Å². The molecule has 2 rings (SSSR count). The molecular weight excluding hydrogens is 278 g/mol. The van der Waals surface area contributed by atoms with Gasteiger partial charge in [0.15, 0.2) is 0 Å². The summed E-state index contributed by atoms with van der Waals surface area (Å²) in [5, 5.41) is 0. The molecule has 0 radical (unpaired) electrons. The van der Waals surface area contributed by atoms with E-state index in [1.54, 1.807) is 7.11 Å². The standard InChI is InChI=1S/C14H20BrNO/c1-17-14-7-5-12(6-8-14)10-16-9-3-2-4-13(15)11-16/h5-8,13H,2-4,9-11H2,1H3. The molecule has 1 unspecified atom stereocenters. The topological polar surface area (TPSA) is 12.5 Å². The molecule has 0 amide bonds. The molecule has 0 aliphatic carbocycles. The van der Waals surface area contributed by atoms with E-state index in [9.17, 15) is 0 Å². The summed E-state index contributed by atoms with van der Waals surface area (Å²) in [7, 11) is 1.71. The number of hydrogen-bond donors (Lipinski definition) is 0. The van der Waals surface area contributed by atoms with E-state index in [0.717, 1.165) is 18.8 Å². The van der Waals surface area contributed by atoms with Crippen LogP contribution in [0.4, 0.5) is 0 Å². The lowest BCUT2D eigenvalue weighted by Gasteiger charge is -2.21. The van der Waals surface area contributed by atoms with Crippen molar-refractivity contribution in [2.45, 2.75) is 30.6 Å². The first-order valence-electron chi connectivity index (χ1n) is 6.27. The summed E-state index contributed by atoms with van der Waals surface area (Å²) in [6.45, 7) is 3.42. The average molecular weight is 298 g/mol. The maximum Gasteiger partial charge on any atom is 0.118 e. The van der Waals surface area contributed by atoms with Gasteiger partial charge in [-0.2, -0.15) is 0 Å². The van der Waals surface area contributed by atoms with Crippen molar-refractivity contribution in [2.24, 2.45) is 0 Å². The number of ether oxygens (including phenoxy) is 1. The molecule has 2 nitrogen and oxygen atoms in total. The van der Waals surface area contributed by atoms with Crippen molar-refractivity contribution in [3.63, 3.8) is 0 Å². The van der Waals surface area contributed by atoms with Crippen molar-refractivity contribution in [3.8, 4) is 5.75 Å². The summed E-state index contributed by atoms with van der Waals surface area (Å²) in [6, 6.07) is 8.40. The van der Waals surface area contributed by atoms with Crippen LogP contribution in [-0.2, 0) is 6.54 Å². The van der Waals surface area contributed by atoms with Crippen LogP contribution in [0.5, 0.6) is 5.75 Å². The lowest BCUT2D eigenvalue weighted by molar-refractivity contribution is 0.280.